The van der Waals surface area contributed by atoms with Gasteiger partial charge in [0.1, 0.15) is 11.4 Å². The molecule has 1 aromatic heterocycles. The Kier molecular flexibility index (Phi) is 4.00. The number of nitrogens with zero attached hydrogens (tertiary/aromatic N) is 2. The molecule has 1 N–H and O–H groups in total. The van der Waals surface area contributed by atoms with Gasteiger partial charge < -0.3 is 14.9 Å². The number of methoxy groups -OCH3 is 1. The monoisotopic (exact) mass is 297 g/mol. The lowest BCUT2D eigenvalue weighted by atomic mass is 10.1. The van der Waals surface area contributed by atoms with Crippen molar-refractivity contribution >= 4 is 11.7 Å². The lowest BCUT2D eigenvalue weighted by molar-refractivity contribution is 0.0855. The highest BCUT2D eigenvalue weighted by Crippen LogP contribution is 2.27. The molecule has 0 saturated carbocycles. The van der Waals surface area contributed by atoms with Gasteiger partial charge in [-0.3, -0.25) is 9.78 Å². The molecule has 1 aromatic carbocycles. The van der Waals surface area contributed by atoms with E-state index >= 15 is 0 Å². The van der Waals surface area contributed by atoms with E-state index in [0.717, 1.165) is 11.3 Å². The number of benzene rings is 1. The lowest BCUT2D eigenvalue weighted by Crippen LogP contribution is -2.30. The molecule has 1 amide bonds. The van der Waals surface area contributed by atoms with Gasteiger partial charge in [-0.25, -0.2) is 0 Å². The van der Waals surface area contributed by atoms with Crippen molar-refractivity contribution in [3.05, 3.63) is 59.9 Å². The van der Waals surface area contributed by atoms with E-state index in [1.54, 1.807) is 31.5 Å². The van der Waals surface area contributed by atoms with Crippen molar-refractivity contribution in [2.45, 2.75) is 12.5 Å². The third-order valence-corrected chi connectivity index (χ3v) is 3.31. The Labute approximate surface area is 127 Å². The van der Waals surface area contributed by atoms with Crippen LogP contribution < -0.4 is 10.1 Å². The number of aromatic nitrogens is 1. The van der Waals surface area contributed by atoms with Gasteiger partial charge in [0.05, 0.1) is 13.5 Å². The number of rotatable bonds is 3. The van der Waals surface area contributed by atoms with Gasteiger partial charge in [-0.2, -0.15) is 0 Å². The minimum Gasteiger partial charge on any atom is -0.497 e. The van der Waals surface area contributed by atoms with E-state index in [9.17, 15) is 4.79 Å². The third-order valence-electron chi connectivity index (χ3n) is 3.31. The molecule has 0 saturated heterocycles. The third kappa shape index (κ3) is 3.06. The van der Waals surface area contributed by atoms with E-state index < -0.39 is 0 Å². The highest BCUT2D eigenvalue weighted by atomic mass is 16.6. The molecule has 2 aromatic rings. The smallest absolute Gasteiger partial charge is 0.275 e. The first-order valence-corrected chi connectivity index (χ1v) is 6.85. The zero-order chi connectivity index (χ0) is 15.4. The van der Waals surface area contributed by atoms with Crippen LogP contribution in [0.25, 0.3) is 0 Å². The fraction of sp³-hybridized carbons (Fsp3) is 0.188. The van der Waals surface area contributed by atoms with Gasteiger partial charge >= 0.3 is 0 Å². The predicted molar refractivity (Wildman–Crippen MR) is 80.6 cm³/mol. The van der Waals surface area contributed by atoms with Gasteiger partial charge in [0, 0.05) is 6.20 Å². The minimum absolute atomic E-state index is 0.204. The number of hydrogen-bond donors (Lipinski definition) is 1. The number of carbonyl (C=O) groups is 1. The first-order valence-electron chi connectivity index (χ1n) is 6.85. The van der Waals surface area contributed by atoms with Crippen LogP contribution in [0.3, 0.4) is 0 Å². The second-order valence-electron chi connectivity index (χ2n) is 4.78. The van der Waals surface area contributed by atoms with Crippen molar-refractivity contribution in [2.24, 2.45) is 5.16 Å². The van der Waals surface area contributed by atoms with E-state index in [2.05, 4.69) is 15.5 Å². The molecule has 3 rings (SSSR count). The van der Waals surface area contributed by atoms with Crippen LogP contribution in [0.1, 0.15) is 28.6 Å². The van der Waals surface area contributed by atoms with Crippen molar-refractivity contribution in [1.82, 2.24) is 10.3 Å². The molecule has 0 fully saturated rings. The van der Waals surface area contributed by atoms with Gasteiger partial charge in [-0.05, 0) is 29.8 Å². The van der Waals surface area contributed by atoms with Crippen LogP contribution in [0.4, 0.5) is 0 Å². The Balaban J connectivity index is 1.61. The Hall–Kier alpha value is -2.89. The normalized spacial score (nSPS) is 16.6. The van der Waals surface area contributed by atoms with Crippen LogP contribution in [0, 0.1) is 0 Å². The van der Waals surface area contributed by atoms with Crippen molar-refractivity contribution in [3.8, 4) is 5.75 Å². The van der Waals surface area contributed by atoms with Gasteiger partial charge in [0.2, 0.25) is 0 Å². The minimum atomic E-state index is -0.293. The van der Waals surface area contributed by atoms with Crippen molar-refractivity contribution in [3.63, 3.8) is 0 Å². The summed E-state index contributed by atoms with van der Waals surface area (Å²) < 4.78 is 5.12. The van der Waals surface area contributed by atoms with Gasteiger partial charge in [0.15, 0.2) is 11.9 Å². The number of pyridine rings is 1. The molecule has 1 unspecified atom stereocenters. The lowest BCUT2D eigenvalue weighted by Gasteiger charge is -2.09. The molecular weight excluding hydrogens is 282 g/mol. The first-order chi connectivity index (χ1) is 10.8. The zero-order valence-corrected chi connectivity index (χ0v) is 12.0. The molecule has 6 heteroatoms. The van der Waals surface area contributed by atoms with Crippen LogP contribution in [0.5, 0.6) is 5.75 Å². The molecule has 1 aliphatic heterocycles. The molecule has 0 spiro atoms. The molecule has 0 radical (unpaired) electrons. The standard InChI is InChI=1S/C16H15N3O3/c1-21-12-7-5-11(6-8-12)14-10-15(19-22-14)18-16(20)13-4-2-3-9-17-13/h2-9,14H,10H2,1H3,(H,18,19,20). The largest absolute Gasteiger partial charge is 0.497 e. The summed E-state index contributed by atoms with van der Waals surface area (Å²) in [4.78, 5) is 21.4. The van der Waals surface area contributed by atoms with Gasteiger partial charge in [-0.1, -0.05) is 23.4 Å². The maximum absolute atomic E-state index is 12.0. The zero-order valence-electron chi connectivity index (χ0n) is 12.0. The van der Waals surface area contributed by atoms with E-state index in [-0.39, 0.29) is 12.0 Å². The fourth-order valence-corrected chi connectivity index (χ4v) is 2.14. The maximum atomic E-state index is 12.0. The summed E-state index contributed by atoms with van der Waals surface area (Å²) in [7, 11) is 1.62. The quantitative estimate of drug-likeness (QED) is 0.943. The summed E-state index contributed by atoms with van der Waals surface area (Å²) in [6.07, 6.45) is 1.87. The Morgan fingerprint density at radius 3 is 2.77 bits per heavy atom. The van der Waals surface area contributed by atoms with Crippen molar-refractivity contribution in [2.75, 3.05) is 7.11 Å². The SMILES string of the molecule is COc1ccc(C2CC(NC(=O)c3ccccn3)=NO2)cc1. The molecule has 0 aliphatic carbocycles. The highest BCUT2D eigenvalue weighted by Gasteiger charge is 2.24. The number of oxime groups is 1. The average Bonchev–Trinajstić information content (AvgIpc) is 3.04. The molecule has 0 bridgehead atoms. The van der Waals surface area contributed by atoms with Crippen LogP contribution in [-0.2, 0) is 4.84 Å². The summed E-state index contributed by atoms with van der Waals surface area (Å²) in [5, 5.41) is 6.64. The number of ether oxygens (including phenoxy) is 1. The molecule has 1 aliphatic rings. The average molecular weight is 297 g/mol. The van der Waals surface area contributed by atoms with E-state index in [0.29, 0.717) is 18.0 Å². The van der Waals surface area contributed by atoms with Gasteiger partial charge in [0.25, 0.3) is 5.91 Å². The van der Waals surface area contributed by atoms with Crippen LogP contribution in [0.2, 0.25) is 0 Å². The summed E-state index contributed by atoms with van der Waals surface area (Å²) >= 11 is 0. The molecule has 6 nitrogen and oxygen atoms in total. The molecule has 2 heterocycles. The molecule has 22 heavy (non-hydrogen) atoms. The molecular formula is C16H15N3O3. The number of hydrogen-bond acceptors (Lipinski definition) is 5. The number of nitrogens with one attached hydrogen (secondary N) is 1. The van der Waals surface area contributed by atoms with Crippen molar-refractivity contribution in [1.29, 1.82) is 0 Å². The predicted octanol–water partition coefficient (Wildman–Crippen LogP) is 2.30. The van der Waals surface area contributed by atoms with Crippen LogP contribution in [0.15, 0.2) is 53.8 Å². The Bertz CT molecular complexity index is 684. The maximum Gasteiger partial charge on any atom is 0.275 e. The first kappa shape index (κ1) is 14.1. The topological polar surface area (TPSA) is 72.8 Å². The highest BCUT2D eigenvalue weighted by molar-refractivity contribution is 6.05. The summed E-state index contributed by atoms with van der Waals surface area (Å²) in [5.41, 5.74) is 1.32. The Morgan fingerprint density at radius 1 is 1.27 bits per heavy atom. The van der Waals surface area contributed by atoms with E-state index in [4.69, 9.17) is 9.57 Å². The van der Waals surface area contributed by atoms with E-state index in [1.807, 2.05) is 24.3 Å². The Morgan fingerprint density at radius 2 is 2.09 bits per heavy atom. The summed E-state index contributed by atoms with van der Waals surface area (Å²) in [6.45, 7) is 0. The number of amidine groups is 1. The number of carbonyl (C=O) groups excluding carboxylic acids is 1. The fourth-order valence-electron chi connectivity index (χ4n) is 2.14. The van der Waals surface area contributed by atoms with Crippen LogP contribution in [-0.4, -0.2) is 23.8 Å². The second-order valence-corrected chi connectivity index (χ2v) is 4.78. The van der Waals surface area contributed by atoms with Gasteiger partial charge in [-0.15, -0.1) is 0 Å². The van der Waals surface area contributed by atoms with E-state index in [1.165, 1.54) is 0 Å². The summed E-state index contributed by atoms with van der Waals surface area (Å²) in [5.74, 6) is 0.987. The van der Waals surface area contributed by atoms with Crippen molar-refractivity contribution < 1.29 is 14.4 Å². The summed E-state index contributed by atoms with van der Waals surface area (Å²) in [6, 6.07) is 12.7. The van der Waals surface area contributed by atoms with Crippen LogP contribution >= 0.6 is 0 Å². The second kappa shape index (κ2) is 6.26. The number of amides is 1. The molecule has 112 valence electrons. The molecule has 1 atom stereocenters.